The van der Waals surface area contributed by atoms with Crippen molar-refractivity contribution in [3.8, 4) is 11.3 Å². The number of aromatic nitrogens is 2. The van der Waals surface area contributed by atoms with Crippen LogP contribution in [0.2, 0.25) is 0 Å². The third kappa shape index (κ3) is 4.48. The van der Waals surface area contributed by atoms with Crippen molar-refractivity contribution in [1.82, 2.24) is 9.55 Å². The Morgan fingerprint density at radius 3 is 2.43 bits per heavy atom. The molecule has 8 nitrogen and oxygen atoms in total. The molecule has 10 heteroatoms. The minimum Gasteiger partial charge on any atom is -0.325 e. The topological polar surface area (TPSA) is 124 Å². The second-order valence-corrected chi connectivity index (χ2v) is 7.40. The standard InChI is InChI=1S/C18H15FN4O4S/c19-15-4-2-1-3-14(15)16-9-18(25)23(11-21-16)10-17(24)22-12-5-7-13(8-6-12)28(20,26)27/h1-9,11H,10H2,(H,22,24)(H2,20,26,27). The first kappa shape index (κ1) is 19.4. The molecule has 28 heavy (non-hydrogen) atoms. The molecule has 0 radical (unpaired) electrons. The van der Waals surface area contributed by atoms with E-state index in [1.807, 2.05) is 0 Å². The SMILES string of the molecule is NS(=O)(=O)c1ccc(NC(=O)Cn2cnc(-c3ccccc3F)cc2=O)cc1. The van der Waals surface area contributed by atoms with Crippen LogP contribution in [0.3, 0.4) is 0 Å². The maximum Gasteiger partial charge on any atom is 0.254 e. The van der Waals surface area contributed by atoms with Gasteiger partial charge in [-0.25, -0.2) is 22.9 Å². The summed E-state index contributed by atoms with van der Waals surface area (Å²) in [6, 6.07) is 12.3. The molecule has 0 bridgehead atoms. The molecule has 0 aliphatic carbocycles. The number of nitrogens with zero attached hydrogens (tertiary/aromatic N) is 2. The molecule has 0 saturated carbocycles. The monoisotopic (exact) mass is 402 g/mol. The van der Waals surface area contributed by atoms with Crippen molar-refractivity contribution >= 4 is 21.6 Å². The van der Waals surface area contributed by atoms with Gasteiger partial charge in [0.1, 0.15) is 12.4 Å². The number of benzene rings is 2. The van der Waals surface area contributed by atoms with Crippen LogP contribution < -0.4 is 16.0 Å². The Bertz CT molecular complexity index is 1190. The third-order valence-electron chi connectivity index (χ3n) is 3.81. The minimum absolute atomic E-state index is 0.0883. The number of rotatable bonds is 5. The van der Waals surface area contributed by atoms with Crippen LogP contribution in [0, 0.1) is 5.82 Å². The number of anilines is 1. The molecule has 0 aliphatic heterocycles. The van der Waals surface area contributed by atoms with Crippen LogP contribution in [0.4, 0.5) is 10.1 Å². The molecule has 3 aromatic rings. The summed E-state index contributed by atoms with van der Waals surface area (Å²) in [6.07, 6.45) is 1.16. The first-order valence-corrected chi connectivity index (χ1v) is 9.53. The van der Waals surface area contributed by atoms with Gasteiger partial charge in [0.05, 0.1) is 16.9 Å². The summed E-state index contributed by atoms with van der Waals surface area (Å²) in [5.41, 5.74) is 0.166. The van der Waals surface area contributed by atoms with Crippen molar-refractivity contribution in [3.63, 3.8) is 0 Å². The molecule has 144 valence electrons. The van der Waals surface area contributed by atoms with E-state index in [4.69, 9.17) is 5.14 Å². The first-order chi connectivity index (χ1) is 13.2. The van der Waals surface area contributed by atoms with Crippen molar-refractivity contribution in [3.05, 3.63) is 77.1 Å². The smallest absolute Gasteiger partial charge is 0.254 e. The van der Waals surface area contributed by atoms with E-state index in [0.29, 0.717) is 5.69 Å². The number of nitrogens with one attached hydrogen (secondary N) is 1. The van der Waals surface area contributed by atoms with Gasteiger partial charge in [-0.05, 0) is 36.4 Å². The molecule has 1 amide bonds. The maximum atomic E-state index is 13.8. The fourth-order valence-electron chi connectivity index (χ4n) is 2.44. The number of hydrogen-bond acceptors (Lipinski definition) is 5. The second kappa shape index (κ2) is 7.71. The Kier molecular flexibility index (Phi) is 5.34. The minimum atomic E-state index is -3.83. The summed E-state index contributed by atoms with van der Waals surface area (Å²) in [5.74, 6) is -1.03. The van der Waals surface area contributed by atoms with E-state index in [-0.39, 0.29) is 22.7 Å². The van der Waals surface area contributed by atoms with Crippen molar-refractivity contribution in [2.24, 2.45) is 5.14 Å². The largest absolute Gasteiger partial charge is 0.325 e. The molecule has 1 heterocycles. The van der Waals surface area contributed by atoms with E-state index in [1.54, 1.807) is 6.07 Å². The van der Waals surface area contributed by atoms with Gasteiger partial charge in [-0.3, -0.25) is 14.2 Å². The molecule has 0 aliphatic rings. The molecule has 0 fully saturated rings. The highest BCUT2D eigenvalue weighted by Gasteiger charge is 2.11. The highest BCUT2D eigenvalue weighted by atomic mass is 32.2. The van der Waals surface area contributed by atoms with Gasteiger partial charge in [0.25, 0.3) is 5.56 Å². The summed E-state index contributed by atoms with van der Waals surface area (Å²) >= 11 is 0. The lowest BCUT2D eigenvalue weighted by atomic mass is 10.1. The lowest BCUT2D eigenvalue weighted by Crippen LogP contribution is -2.27. The highest BCUT2D eigenvalue weighted by Crippen LogP contribution is 2.18. The molecule has 0 spiro atoms. The molecule has 2 aromatic carbocycles. The normalized spacial score (nSPS) is 11.2. The number of primary sulfonamides is 1. The van der Waals surface area contributed by atoms with Gasteiger partial charge < -0.3 is 5.32 Å². The quantitative estimate of drug-likeness (QED) is 0.666. The van der Waals surface area contributed by atoms with Gasteiger partial charge in [0.2, 0.25) is 15.9 Å². The zero-order valence-corrected chi connectivity index (χ0v) is 15.2. The number of carbonyl (C=O) groups is 1. The summed E-state index contributed by atoms with van der Waals surface area (Å²) < 4.78 is 37.3. The van der Waals surface area contributed by atoms with E-state index in [1.165, 1.54) is 42.5 Å². The van der Waals surface area contributed by atoms with Gasteiger partial charge in [-0.1, -0.05) is 12.1 Å². The van der Waals surface area contributed by atoms with E-state index in [0.717, 1.165) is 17.0 Å². The summed E-state index contributed by atoms with van der Waals surface area (Å²) in [5, 5.41) is 7.54. The Balaban J connectivity index is 1.72. The van der Waals surface area contributed by atoms with Gasteiger partial charge in [0.15, 0.2) is 0 Å². The molecule has 3 N–H and O–H groups in total. The van der Waals surface area contributed by atoms with E-state index < -0.39 is 27.3 Å². The third-order valence-corrected chi connectivity index (χ3v) is 4.74. The molecule has 0 atom stereocenters. The molecule has 3 rings (SSSR count). The lowest BCUT2D eigenvalue weighted by Gasteiger charge is -2.09. The lowest BCUT2D eigenvalue weighted by molar-refractivity contribution is -0.116. The number of carbonyl (C=O) groups excluding carboxylic acids is 1. The molecule has 0 unspecified atom stereocenters. The van der Waals surface area contributed by atoms with Crippen LogP contribution in [-0.2, 0) is 21.4 Å². The summed E-state index contributed by atoms with van der Waals surface area (Å²) in [7, 11) is -3.83. The highest BCUT2D eigenvalue weighted by molar-refractivity contribution is 7.89. The zero-order valence-electron chi connectivity index (χ0n) is 14.4. The number of halogens is 1. The Hall–Kier alpha value is -3.37. The predicted molar refractivity (Wildman–Crippen MR) is 100 cm³/mol. The van der Waals surface area contributed by atoms with Crippen LogP contribution >= 0.6 is 0 Å². The predicted octanol–water partition coefficient (Wildman–Crippen LogP) is 1.34. The molecular formula is C18H15FN4O4S. The van der Waals surface area contributed by atoms with Crippen LogP contribution in [-0.4, -0.2) is 23.9 Å². The average molecular weight is 402 g/mol. The van der Waals surface area contributed by atoms with Gasteiger partial charge in [-0.15, -0.1) is 0 Å². The van der Waals surface area contributed by atoms with E-state index >= 15 is 0 Å². The number of sulfonamides is 1. The van der Waals surface area contributed by atoms with Crippen LogP contribution in [0.1, 0.15) is 0 Å². The van der Waals surface area contributed by atoms with Gasteiger partial charge in [-0.2, -0.15) is 0 Å². The zero-order chi connectivity index (χ0) is 20.3. The first-order valence-electron chi connectivity index (χ1n) is 7.98. The Labute approximate surface area is 159 Å². The number of amides is 1. The van der Waals surface area contributed by atoms with Crippen LogP contribution in [0.5, 0.6) is 0 Å². The molecular weight excluding hydrogens is 387 g/mol. The van der Waals surface area contributed by atoms with Gasteiger partial charge >= 0.3 is 0 Å². The Morgan fingerprint density at radius 1 is 1.14 bits per heavy atom. The van der Waals surface area contributed by atoms with Crippen LogP contribution in [0.25, 0.3) is 11.3 Å². The second-order valence-electron chi connectivity index (χ2n) is 5.84. The Morgan fingerprint density at radius 2 is 1.82 bits per heavy atom. The molecule has 0 saturated heterocycles. The van der Waals surface area contributed by atoms with Gasteiger partial charge in [0, 0.05) is 17.3 Å². The van der Waals surface area contributed by atoms with Crippen molar-refractivity contribution < 1.29 is 17.6 Å². The van der Waals surface area contributed by atoms with Crippen molar-refractivity contribution in [2.75, 3.05) is 5.32 Å². The maximum absolute atomic E-state index is 13.8. The molecule has 1 aromatic heterocycles. The summed E-state index contributed by atoms with van der Waals surface area (Å²) in [6.45, 7) is -0.319. The van der Waals surface area contributed by atoms with E-state index in [9.17, 15) is 22.4 Å². The fraction of sp³-hybridized carbons (Fsp3) is 0.0556. The van der Waals surface area contributed by atoms with Crippen molar-refractivity contribution in [1.29, 1.82) is 0 Å². The van der Waals surface area contributed by atoms with Crippen molar-refractivity contribution in [2.45, 2.75) is 11.4 Å². The number of nitrogens with two attached hydrogens (primary N) is 1. The average Bonchev–Trinajstić information content (AvgIpc) is 2.63. The van der Waals surface area contributed by atoms with Crippen LogP contribution in [0.15, 0.2) is 70.6 Å². The number of hydrogen-bond donors (Lipinski definition) is 2. The van der Waals surface area contributed by atoms with E-state index in [2.05, 4.69) is 10.3 Å². The summed E-state index contributed by atoms with van der Waals surface area (Å²) in [4.78, 5) is 28.3. The fourth-order valence-corrected chi connectivity index (χ4v) is 2.96.